The first-order valence-corrected chi connectivity index (χ1v) is 7.23. The first-order chi connectivity index (χ1) is 9.13. The van der Waals surface area contributed by atoms with Crippen LogP contribution in [0.15, 0.2) is 18.2 Å². The molecule has 0 radical (unpaired) electrons. The normalized spacial score (nSPS) is 11.9. The Morgan fingerprint density at radius 1 is 1.42 bits per heavy atom. The Labute approximate surface area is 122 Å². The Kier molecular flexibility index (Phi) is 6.77. The fraction of sp³-hybridized carbons (Fsp3) is 0.500. The van der Waals surface area contributed by atoms with Gasteiger partial charge in [-0.15, -0.1) is 6.42 Å². The van der Waals surface area contributed by atoms with Gasteiger partial charge in [-0.05, 0) is 37.6 Å². The Hall–Kier alpha value is -1.17. The van der Waals surface area contributed by atoms with Gasteiger partial charge in [0.25, 0.3) is 0 Å². The van der Waals surface area contributed by atoms with Crippen LogP contribution in [0.3, 0.4) is 0 Å². The van der Waals surface area contributed by atoms with Gasteiger partial charge in [-0.1, -0.05) is 37.4 Å². The third kappa shape index (κ3) is 4.45. The molecule has 0 saturated heterocycles. The maximum absolute atomic E-state index is 6.40. The molecule has 19 heavy (non-hydrogen) atoms. The molecule has 0 bridgehead atoms. The molecule has 0 aromatic heterocycles. The molecule has 1 rings (SSSR count). The van der Waals surface area contributed by atoms with Crippen LogP contribution in [-0.4, -0.2) is 19.6 Å². The van der Waals surface area contributed by atoms with Gasteiger partial charge in [-0.3, -0.25) is 0 Å². The molecule has 0 aliphatic carbocycles. The van der Waals surface area contributed by atoms with Crippen LogP contribution < -0.4 is 10.2 Å². The number of hydrogen-bond donors (Lipinski definition) is 1. The molecule has 104 valence electrons. The van der Waals surface area contributed by atoms with E-state index in [0.717, 1.165) is 30.2 Å². The molecule has 1 aromatic carbocycles. The lowest BCUT2D eigenvalue weighted by molar-refractivity contribution is 0.598. The lowest BCUT2D eigenvalue weighted by Gasteiger charge is -2.24. The van der Waals surface area contributed by atoms with E-state index in [4.69, 9.17) is 18.0 Å². The maximum atomic E-state index is 6.40. The van der Waals surface area contributed by atoms with Crippen molar-refractivity contribution in [2.75, 3.05) is 24.5 Å². The van der Waals surface area contributed by atoms with E-state index < -0.39 is 0 Å². The molecule has 0 amide bonds. The van der Waals surface area contributed by atoms with Crippen LogP contribution in [0.5, 0.6) is 0 Å². The van der Waals surface area contributed by atoms with Gasteiger partial charge >= 0.3 is 0 Å². The number of benzene rings is 1. The highest BCUT2D eigenvalue weighted by Gasteiger charge is 2.11. The van der Waals surface area contributed by atoms with Crippen LogP contribution in [0, 0.1) is 12.3 Å². The Morgan fingerprint density at radius 3 is 2.68 bits per heavy atom. The Morgan fingerprint density at radius 2 is 2.16 bits per heavy atom. The number of rotatable bonds is 7. The first-order valence-electron chi connectivity index (χ1n) is 6.85. The summed E-state index contributed by atoms with van der Waals surface area (Å²) in [5.41, 5.74) is 2.22. The molecule has 0 spiro atoms. The Bertz CT molecular complexity index is 437. The lowest BCUT2D eigenvalue weighted by Crippen LogP contribution is -2.25. The van der Waals surface area contributed by atoms with Crippen molar-refractivity contribution in [3.8, 4) is 12.3 Å². The van der Waals surface area contributed by atoms with Gasteiger partial charge in [0.05, 0.1) is 17.3 Å². The summed E-state index contributed by atoms with van der Waals surface area (Å²) in [7, 11) is 0. The fourth-order valence-corrected chi connectivity index (χ4v) is 2.45. The second-order valence-electron chi connectivity index (χ2n) is 4.62. The minimum absolute atomic E-state index is 0.309. The van der Waals surface area contributed by atoms with Gasteiger partial charge in [-0.2, -0.15) is 0 Å². The molecular formula is C16H23ClN2. The molecule has 1 aromatic rings. The Balaban J connectivity index is 2.95. The predicted octanol–water partition coefficient (Wildman–Crippen LogP) is 3.86. The molecule has 0 aliphatic heterocycles. The van der Waals surface area contributed by atoms with Crippen molar-refractivity contribution in [1.29, 1.82) is 0 Å². The molecule has 0 heterocycles. The summed E-state index contributed by atoms with van der Waals surface area (Å²) in [6.45, 7) is 8.84. The minimum Gasteiger partial charge on any atom is -0.359 e. The van der Waals surface area contributed by atoms with Gasteiger partial charge < -0.3 is 10.2 Å². The van der Waals surface area contributed by atoms with Gasteiger partial charge in [0, 0.05) is 12.6 Å². The highest BCUT2D eigenvalue weighted by Crippen LogP contribution is 2.29. The number of nitrogens with zero attached hydrogens (tertiary/aromatic N) is 1. The largest absolute Gasteiger partial charge is 0.359 e. The average Bonchev–Trinajstić information content (AvgIpc) is 2.39. The zero-order valence-electron chi connectivity index (χ0n) is 12.0. The molecule has 1 N–H and O–H groups in total. The zero-order valence-corrected chi connectivity index (χ0v) is 12.8. The van der Waals surface area contributed by atoms with Gasteiger partial charge in [0.1, 0.15) is 0 Å². The van der Waals surface area contributed by atoms with E-state index in [9.17, 15) is 0 Å². The molecule has 0 fully saturated rings. The van der Waals surface area contributed by atoms with E-state index in [1.54, 1.807) is 0 Å². The summed E-state index contributed by atoms with van der Waals surface area (Å²) >= 11 is 6.40. The van der Waals surface area contributed by atoms with Crippen LogP contribution in [0.2, 0.25) is 5.02 Å². The molecule has 2 nitrogen and oxygen atoms in total. The van der Waals surface area contributed by atoms with Gasteiger partial charge in [-0.25, -0.2) is 0 Å². The maximum Gasteiger partial charge on any atom is 0.0792 e. The van der Waals surface area contributed by atoms with Crippen molar-refractivity contribution in [1.82, 2.24) is 5.32 Å². The molecule has 1 atom stereocenters. The summed E-state index contributed by atoms with van der Waals surface area (Å²) in [6, 6.07) is 6.53. The van der Waals surface area contributed by atoms with Crippen LogP contribution >= 0.6 is 11.6 Å². The highest BCUT2D eigenvalue weighted by molar-refractivity contribution is 6.33. The molecule has 3 heteroatoms. The van der Waals surface area contributed by atoms with E-state index in [-0.39, 0.29) is 0 Å². The number of hydrogen-bond acceptors (Lipinski definition) is 2. The van der Waals surface area contributed by atoms with Crippen molar-refractivity contribution < 1.29 is 0 Å². The lowest BCUT2D eigenvalue weighted by atomic mass is 10.1. The van der Waals surface area contributed by atoms with E-state index in [2.05, 4.69) is 49.0 Å². The van der Waals surface area contributed by atoms with Crippen molar-refractivity contribution >= 4 is 17.3 Å². The van der Waals surface area contributed by atoms with E-state index in [0.29, 0.717) is 12.6 Å². The summed E-state index contributed by atoms with van der Waals surface area (Å²) < 4.78 is 0. The van der Waals surface area contributed by atoms with E-state index in [1.807, 2.05) is 6.07 Å². The van der Waals surface area contributed by atoms with Crippen molar-refractivity contribution in [2.24, 2.45) is 0 Å². The highest BCUT2D eigenvalue weighted by atomic mass is 35.5. The van der Waals surface area contributed by atoms with Crippen LogP contribution in [0.25, 0.3) is 0 Å². The third-order valence-corrected chi connectivity index (χ3v) is 3.40. The number of halogens is 1. The number of terminal acetylenes is 1. The predicted molar refractivity (Wildman–Crippen MR) is 84.9 cm³/mol. The molecular weight excluding hydrogens is 256 g/mol. The molecule has 0 saturated carbocycles. The quantitative estimate of drug-likeness (QED) is 0.762. The minimum atomic E-state index is 0.309. The van der Waals surface area contributed by atoms with Crippen LogP contribution in [-0.2, 0) is 0 Å². The number of nitrogens with one attached hydrogen (secondary N) is 1. The average molecular weight is 279 g/mol. The summed E-state index contributed by atoms with van der Waals surface area (Å²) in [4.78, 5) is 2.14. The fourth-order valence-electron chi connectivity index (χ4n) is 2.14. The molecule has 1 unspecified atom stereocenters. The van der Waals surface area contributed by atoms with Crippen LogP contribution in [0.1, 0.15) is 38.8 Å². The smallest absolute Gasteiger partial charge is 0.0792 e. The topological polar surface area (TPSA) is 15.3 Å². The third-order valence-electron chi connectivity index (χ3n) is 3.10. The number of anilines is 1. The standard InChI is InChI=1S/C16H23ClN2/c1-5-10-19(11-6-2)16-9-8-14(12-15(16)17)13(4)18-7-3/h1,8-9,12-13,18H,6-7,10-11H2,2-4H3. The van der Waals surface area contributed by atoms with E-state index >= 15 is 0 Å². The SMILES string of the molecule is C#CCN(CCC)c1ccc(C(C)NCC)cc1Cl. The summed E-state index contributed by atoms with van der Waals surface area (Å²) in [5, 5.41) is 4.15. The zero-order chi connectivity index (χ0) is 14.3. The van der Waals surface area contributed by atoms with Crippen LogP contribution in [0.4, 0.5) is 5.69 Å². The van der Waals surface area contributed by atoms with Gasteiger partial charge in [0.2, 0.25) is 0 Å². The van der Waals surface area contributed by atoms with Gasteiger partial charge in [0.15, 0.2) is 0 Å². The van der Waals surface area contributed by atoms with Crippen molar-refractivity contribution in [3.05, 3.63) is 28.8 Å². The first kappa shape index (κ1) is 15.9. The monoisotopic (exact) mass is 278 g/mol. The summed E-state index contributed by atoms with van der Waals surface area (Å²) in [5.74, 6) is 2.69. The van der Waals surface area contributed by atoms with Crippen molar-refractivity contribution in [3.63, 3.8) is 0 Å². The van der Waals surface area contributed by atoms with Crippen molar-refractivity contribution in [2.45, 2.75) is 33.2 Å². The van der Waals surface area contributed by atoms with E-state index in [1.165, 1.54) is 5.56 Å². The second kappa shape index (κ2) is 8.09. The molecule has 0 aliphatic rings. The second-order valence-corrected chi connectivity index (χ2v) is 5.02. The summed E-state index contributed by atoms with van der Waals surface area (Å²) in [6.07, 6.45) is 6.47.